The number of hydrogen-bond acceptors (Lipinski definition) is 3. The molecule has 0 unspecified atom stereocenters. The maximum absolute atomic E-state index is 5.76. The first kappa shape index (κ1) is 11.8. The van der Waals surface area contributed by atoms with Crippen LogP contribution >= 0.6 is 0 Å². The molecule has 4 nitrogen and oxygen atoms in total. The van der Waals surface area contributed by atoms with E-state index in [1.54, 1.807) is 6.20 Å². The van der Waals surface area contributed by atoms with Crippen LogP contribution in [0.5, 0.6) is 0 Å². The monoisotopic (exact) mass is 230 g/mol. The molecule has 0 aromatic carbocycles. The smallest absolute Gasteiger partial charge is 0.105 e. The van der Waals surface area contributed by atoms with E-state index < -0.39 is 0 Å². The maximum atomic E-state index is 5.76. The molecule has 17 heavy (non-hydrogen) atoms. The highest BCUT2D eigenvalue weighted by Gasteiger charge is 2.10. The van der Waals surface area contributed by atoms with Gasteiger partial charge in [0.25, 0.3) is 0 Å². The summed E-state index contributed by atoms with van der Waals surface area (Å²) in [7, 11) is 2.01. The van der Waals surface area contributed by atoms with Gasteiger partial charge in [-0.15, -0.1) is 0 Å². The van der Waals surface area contributed by atoms with Gasteiger partial charge in [-0.3, -0.25) is 4.98 Å². The molecule has 4 heteroatoms. The number of hydrogen-bond donors (Lipinski definition) is 1. The zero-order valence-corrected chi connectivity index (χ0v) is 10.3. The topological polar surface area (TPSA) is 56.7 Å². The molecule has 0 aliphatic rings. The highest BCUT2D eigenvalue weighted by Crippen LogP contribution is 2.12. The summed E-state index contributed by atoms with van der Waals surface area (Å²) >= 11 is 0. The third-order valence-electron chi connectivity index (χ3n) is 3.09. The van der Waals surface area contributed by atoms with Crippen LogP contribution in [0.3, 0.4) is 0 Å². The normalized spacial score (nSPS) is 10.8. The second-order valence-corrected chi connectivity index (χ2v) is 4.18. The van der Waals surface area contributed by atoms with Gasteiger partial charge in [-0.05, 0) is 31.4 Å². The molecule has 2 aromatic rings. The van der Waals surface area contributed by atoms with E-state index in [9.17, 15) is 0 Å². The minimum atomic E-state index is 0.541. The van der Waals surface area contributed by atoms with Crippen molar-refractivity contribution in [2.75, 3.05) is 0 Å². The van der Waals surface area contributed by atoms with Gasteiger partial charge < -0.3 is 10.3 Å². The van der Waals surface area contributed by atoms with Gasteiger partial charge >= 0.3 is 0 Å². The van der Waals surface area contributed by atoms with E-state index >= 15 is 0 Å². The Hall–Kier alpha value is -1.68. The van der Waals surface area contributed by atoms with Crippen LogP contribution in [0.25, 0.3) is 0 Å². The Bertz CT molecular complexity index is 488. The van der Waals surface area contributed by atoms with Crippen LogP contribution in [0.4, 0.5) is 0 Å². The average Bonchev–Trinajstić information content (AvgIpc) is 2.63. The van der Waals surface area contributed by atoms with E-state index in [-0.39, 0.29) is 0 Å². The van der Waals surface area contributed by atoms with Gasteiger partial charge in [-0.1, -0.05) is 6.07 Å². The number of aryl methyl sites for hydroxylation is 3. The number of pyridine rings is 1. The van der Waals surface area contributed by atoms with Gasteiger partial charge in [0.2, 0.25) is 0 Å². The Balaban J connectivity index is 2.12. The van der Waals surface area contributed by atoms with Gasteiger partial charge in [-0.25, -0.2) is 4.98 Å². The first-order chi connectivity index (χ1) is 8.22. The minimum Gasteiger partial charge on any atom is -0.334 e. The molecule has 2 rings (SSSR count). The maximum Gasteiger partial charge on any atom is 0.105 e. The average molecular weight is 230 g/mol. The molecule has 2 aromatic heterocycles. The fourth-order valence-corrected chi connectivity index (χ4v) is 1.99. The summed E-state index contributed by atoms with van der Waals surface area (Å²) in [5.41, 5.74) is 9.23. The number of nitrogens with two attached hydrogens (primary N) is 1. The van der Waals surface area contributed by atoms with Gasteiger partial charge in [0.1, 0.15) is 5.82 Å². The Labute approximate surface area is 102 Å². The van der Waals surface area contributed by atoms with Crippen molar-refractivity contribution in [3.8, 4) is 0 Å². The second kappa shape index (κ2) is 5.10. The van der Waals surface area contributed by atoms with E-state index in [2.05, 4.69) is 20.6 Å². The second-order valence-electron chi connectivity index (χ2n) is 4.18. The molecular formula is C13H18N4. The van der Waals surface area contributed by atoms with Crippen molar-refractivity contribution in [1.82, 2.24) is 14.5 Å². The van der Waals surface area contributed by atoms with Crippen molar-refractivity contribution >= 4 is 0 Å². The lowest BCUT2D eigenvalue weighted by Gasteiger charge is -2.03. The molecule has 0 spiro atoms. The van der Waals surface area contributed by atoms with Gasteiger partial charge in [0, 0.05) is 26.0 Å². The van der Waals surface area contributed by atoms with Crippen LogP contribution in [-0.2, 0) is 26.4 Å². The van der Waals surface area contributed by atoms with Crippen LogP contribution in [0, 0.1) is 6.92 Å². The van der Waals surface area contributed by atoms with Gasteiger partial charge in [0.15, 0.2) is 0 Å². The van der Waals surface area contributed by atoms with E-state index in [1.165, 1.54) is 5.56 Å². The zero-order chi connectivity index (χ0) is 12.3. The first-order valence-corrected chi connectivity index (χ1v) is 5.82. The van der Waals surface area contributed by atoms with Crippen LogP contribution < -0.4 is 5.73 Å². The predicted molar refractivity (Wildman–Crippen MR) is 67.5 cm³/mol. The lowest BCUT2D eigenvalue weighted by atomic mass is 10.1. The summed E-state index contributed by atoms with van der Waals surface area (Å²) < 4.78 is 2.07. The van der Waals surface area contributed by atoms with E-state index in [1.807, 2.05) is 26.2 Å². The van der Waals surface area contributed by atoms with Crippen LogP contribution in [0.15, 0.2) is 24.5 Å². The van der Waals surface area contributed by atoms with E-state index in [0.29, 0.717) is 6.54 Å². The fraction of sp³-hybridized carbons (Fsp3) is 0.385. The molecule has 0 bridgehead atoms. The largest absolute Gasteiger partial charge is 0.334 e. The molecule has 0 amide bonds. The molecule has 0 aliphatic heterocycles. The molecule has 2 N–H and O–H groups in total. The Morgan fingerprint density at radius 3 is 2.82 bits per heavy atom. The summed E-state index contributed by atoms with van der Waals surface area (Å²) in [6, 6.07) is 4.05. The van der Waals surface area contributed by atoms with Crippen molar-refractivity contribution < 1.29 is 0 Å². The van der Waals surface area contributed by atoms with Crippen molar-refractivity contribution in [1.29, 1.82) is 0 Å². The molecule has 0 aliphatic carbocycles. The molecule has 0 saturated carbocycles. The third kappa shape index (κ3) is 2.53. The highest BCUT2D eigenvalue weighted by molar-refractivity contribution is 5.19. The summed E-state index contributed by atoms with van der Waals surface area (Å²) in [6.07, 6.45) is 5.56. The van der Waals surface area contributed by atoms with Crippen molar-refractivity contribution in [3.63, 3.8) is 0 Å². The lowest BCUT2D eigenvalue weighted by Crippen LogP contribution is -2.07. The number of aromatic nitrogens is 3. The Morgan fingerprint density at radius 2 is 2.18 bits per heavy atom. The van der Waals surface area contributed by atoms with Crippen LogP contribution in [-0.4, -0.2) is 14.5 Å². The Kier molecular flexibility index (Phi) is 3.54. The molecule has 90 valence electrons. The SMILES string of the molecule is Cc1nc(CCc2cccnc2)c(CN)n1C. The molecule has 0 atom stereocenters. The molecular weight excluding hydrogens is 212 g/mol. The van der Waals surface area contributed by atoms with Crippen molar-refractivity contribution in [2.45, 2.75) is 26.3 Å². The van der Waals surface area contributed by atoms with Crippen LogP contribution in [0.2, 0.25) is 0 Å². The van der Waals surface area contributed by atoms with Gasteiger partial charge in [-0.2, -0.15) is 0 Å². The zero-order valence-electron chi connectivity index (χ0n) is 10.3. The number of nitrogens with zero attached hydrogens (tertiary/aromatic N) is 3. The molecule has 0 radical (unpaired) electrons. The standard InChI is InChI=1S/C13H18N4/c1-10-16-12(13(8-14)17(10)2)6-5-11-4-3-7-15-9-11/h3-4,7,9H,5-6,8,14H2,1-2H3. The number of rotatable bonds is 4. The Morgan fingerprint density at radius 1 is 1.35 bits per heavy atom. The fourth-order valence-electron chi connectivity index (χ4n) is 1.99. The summed E-state index contributed by atoms with van der Waals surface area (Å²) in [4.78, 5) is 8.67. The summed E-state index contributed by atoms with van der Waals surface area (Å²) in [5.74, 6) is 1.02. The summed E-state index contributed by atoms with van der Waals surface area (Å²) in [5, 5.41) is 0. The first-order valence-electron chi connectivity index (χ1n) is 5.82. The predicted octanol–water partition coefficient (Wildman–Crippen LogP) is 1.37. The summed E-state index contributed by atoms with van der Waals surface area (Å²) in [6.45, 7) is 2.55. The molecule has 2 heterocycles. The van der Waals surface area contributed by atoms with E-state index in [4.69, 9.17) is 5.73 Å². The van der Waals surface area contributed by atoms with Crippen LogP contribution in [0.1, 0.15) is 22.8 Å². The van der Waals surface area contributed by atoms with Crippen molar-refractivity contribution in [2.24, 2.45) is 12.8 Å². The number of imidazole rings is 1. The molecule has 0 fully saturated rings. The molecule has 0 saturated heterocycles. The quantitative estimate of drug-likeness (QED) is 0.863. The minimum absolute atomic E-state index is 0.541. The van der Waals surface area contributed by atoms with E-state index in [0.717, 1.165) is 30.1 Å². The van der Waals surface area contributed by atoms with Gasteiger partial charge in [0.05, 0.1) is 11.4 Å². The highest BCUT2D eigenvalue weighted by atomic mass is 15.1. The third-order valence-corrected chi connectivity index (χ3v) is 3.09. The van der Waals surface area contributed by atoms with Crippen molar-refractivity contribution in [3.05, 3.63) is 47.3 Å². The lowest BCUT2D eigenvalue weighted by molar-refractivity contribution is 0.779.